The second kappa shape index (κ2) is 17.9. The van der Waals surface area contributed by atoms with Crippen LogP contribution in [0.2, 0.25) is 0 Å². The van der Waals surface area contributed by atoms with E-state index >= 15 is 0 Å². The van der Waals surface area contributed by atoms with E-state index in [1.807, 2.05) is 0 Å². The van der Waals surface area contributed by atoms with Crippen molar-refractivity contribution in [2.75, 3.05) is 0 Å². The van der Waals surface area contributed by atoms with Crippen LogP contribution in [-0.2, 0) is 14.3 Å². The summed E-state index contributed by atoms with van der Waals surface area (Å²) in [7, 11) is 0. The molecule has 1 aliphatic rings. The highest BCUT2D eigenvalue weighted by atomic mass is 16.6. The van der Waals surface area contributed by atoms with Crippen molar-refractivity contribution in [1.82, 2.24) is 0 Å². The first-order valence-corrected chi connectivity index (χ1v) is 12.9. The summed E-state index contributed by atoms with van der Waals surface area (Å²) >= 11 is 0. The quantitative estimate of drug-likeness (QED) is 0.110. The minimum absolute atomic E-state index is 0.0271. The first kappa shape index (κ1) is 27.3. The van der Waals surface area contributed by atoms with Crippen LogP contribution in [0.3, 0.4) is 0 Å². The van der Waals surface area contributed by atoms with E-state index in [-0.39, 0.29) is 6.42 Å². The molecule has 1 aliphatic heterocycles. The van der Waals surface area contributed by atoms with E-state index in [1.54, 1.807) is 0 Å². The standard InChI is InChI=1S/C28H44O3/c1-3-5-7-9-11-13-15-17-19-21-23-28(25-26(29)31-27(28)30)24-22-20-18-16-14-12-10-8-6-4-2/h3-20,25H2,1-2H3. The van der Waals surface area contributed by atoms with E-state index in [0.717, 1.165) is 25.7 Å². The summed E-state index contributed by atoms with van der Waals surface area (Å²) in [5, 5.41) is 0. The zero-order chi connectivity index (χ0) is 22.6. The van der Waals surface area contributed by atoms with Crippen LogP contribution in [0.5, 0.6) is 0 Å². The van der Waals surface area contributed by atoms with E-state index < -0.39 is 17.4 Å². The highest BCUT2D eigenvalue weighted by Gasteiger charge is 2.47. The van der Waals surface area contributed by atoms with Crippen LogP contribution in [0.15, 0.2) is 0 Å². The van der Waals surface area contributed by atoms with Crippen LogP contribution in [0.4, 0.5) is 0 Å². The molecule has 1 rings (SSSR count). The largest absolute Gasteiger partial charge is 0.391 e. The molecule has 174 valence electrons. The summed E-state index contributed by atoms with van der Waals surface area (Å²) in [5.74, 6) is 11.1. The van der Waals surface area contributed by atoms with Gasteiger partial charge in [-0.2, -0.15) is 0 Å². The van der Waals surface area contributed by atoms with Crippen molar-refractivity contribution in [2.24, 2.45) is 5.41 Å². The summed E-state index contributed by atoms with van der Waals surface area (Å²) in [6, 6.07) is 0. The highest BCUT2D eigenvalue weighted by molar-refractivity contribution is 6.01. The molecular formula is C28H44O3. The van der Waals surface area contributed by atoms with Gasteiger partial charge in [0.1, 0.15) is 0 Å². The lowest BCUT2D eigenvalue weighted by Crippen LogP contribution is -2.22. The lowest BCUT2D eigenvalue weighted by Gasteiger charge is -2.08. The van der Waals surface area contributed by atoms with Gasteiger partial charge in [-0.25, -0.2) is 4.79 Å². The van der Waals surface area contributed by atoms with Gasteiger partial charge in [-0.3, -0.25) is 4.79 Å². The number of carbonyl (C=O) groups excluding carboxylic acids is 2. The monoisotopic (exact) mass is 428 g/mol. The van der Waals surface area contributed by atoms with E-state index in [9.17, 15) is 9.59 Å². The van der Waals surface area contributed by atoms with Gasteiger partial charge in [-0.1, -0.05) is 116 Å². The number of ether oxygens (including phenoxy) is 1. The molecule has 0 saturated carbocycles. The van der Waals surface area contributed by atoms with Crippen molar-refractivity contribution in [3.8, 4) is 23.7 Å². The van der Waals surface area contributed by atoms with Gasteiger partial charge in [0.25, 0.3) is 0 Å². The van der Waals surface area contributed by atoms with Crippen LogP contribution in [0, 0.1) is 29.1 Å². The topological polar surface area (TPSA) is 43.4 Å². The maximum Gasteiger partial charge on any atom is 0.344 e. The first-order chi connectivity index (χ1) is 15.1. The Morgan fingerprint density at radius 2 is 1.03 bits per heavy atom. The molecule has 0 bridgehead atoms. The Morgan fingerprint density at radius 1 is 0.645 bits per heavy atom. The van der Waals surface area contributed by atoms with Crippen molar-refractivity contribution in [2.45, 2.75) is 136 Å². The molecule has 0 aromatic carbocycles. The summed E-state index contributed by atoms with van der Waals surface area (Å²) in [4.78, 5) is 23.9. The smallest absolute Gasteiger partial charge is 0.344 e. The van der Waals surface area contributed by atoms with Crippen LogP contribution < -0.4 is 0 Å². The Labute approximate surface area is 191 Å². The molecule has 0 unspecified atom stereocenters. The van der Waals surface area contributed by atoms with Crippen molar-refractivity contribution < 1.29 is 14.3 Å². The van der Waals surface area contributed by atoms with E-state index in [1.165, 1.54) is 89.9 Å². The van der Waals surface area contributed by atoms with Gasteiger partial charge in [-0.15, -0.1) is 11.8 Å². The van der Waals surface area contributed by atoms with Crippen LogP contribution in [0.25, 0.3) is 0 Å². The predicted molar refractivity (Wildman–Crippen MR) is 128 cm³/mol. The fourth-order valence-corrected chi connectivity index (χ4v) is 3.86. The Hall–Kier alpha value is -1.74. The SMILES string of the molecule is CCCCCCCCCCC#CC1(C#CCCCCCCCCCC)CC(=O)OC1=O. The fraction of sp³-hybridized carbons (Fsp3) is 0.786. The number of cyclic esters (lactones) is 2. The van der Waals surface area contributed by atoms with E-state index in [4.69, 9.17) is 4.74 Å². The molecule has 1 heterocycles. The Bertz CT molecular complexity index is 588. The average molecular weight is 429 g/mol. The molecule has 0 N–H and O–H groups in total. The first-order valence-electron chi connectivity index (χ1n) is 12.9. The van der Waals surface area contributed by atoms with Crippen molar-refractivity contribution in [1.29, 1.82) is 0 Å². The molecule has 3 nitrogen and oxygen atoms in total. The second-order valence-electron chi connectivity index (χ2n) is 8.90. The number of hydrogen-bond donors (Lipinski definition) is 0. The van der Waals surface area contributed by atoms with Gasteiger partial charge in [0.05, 0.1) is 6.42 Å². The number of rotatable bonds is 16. The number of esters is 2. The van der Waals surface area contributed by atoms with E-state index in [0.29, 0.717) is 0 Å². The lowest BCUT2D eigenvalue weighted by molar-refractivity contribution is -0.153. The minimum atomic E-state index is -1.22. The molecule has 0 aromatic heterocycles. The Morgan fingerprint density at radius 3 is 1.39 bits per heavy atom. The normalized spacial score (nSPS) is 14.5. The van der Waals surface area contributed by atoms with Gasteiger partial charge in [-0.05, 0) is 12.8 Å². The lowest BCUT2D eigenvalue weighted by atomic mass is 9.87. The van der Waals surface area contributed by atoms with Crippen LogP contribution >= 0.6 is 0 Å². The second-order valence-corrected chi connectivity index (χ2v) is 8.90. The van der Waals surface area contributed by atoms with Gasteiger partial charge in [0.15, 0.2) is 5.41 Å². The molecule has 0 radical (unpaired) electrons. The highest BCUT2D eigenvalue weighted by Crippen LogP contribution is 2.30. The van der Waals surface area contributed by atoms with Gasteiger partial charge >= 0.3 is 11.9 Å². The molecule has 31 heavy (non-hydrogen) atoms. The average Bonchev–Trinajstić information content (AvgIpc) is 3.04. The summed E-state index contributed by atoms with van der Waals surface area (Å²) < 4.78 is 4.78. The maximum absolute atomic E-state index is 12.2. The van der Waals surface area contributed by atoms with Crippen molar-refractivity contribution in [3.63, 3.8) is 0 Å². The van der Waals surface area contributed by atoms with Crippen molar-refractivity contribution in [3.05, 3.63) is 0 Å². The summed E-state index contributed by atoms with van der Waals surface area (Å²) in [6.07, 6.45) is 21.5. The van der Waals surface area contributed by atoms with E-state index in [2.05, 4.69) is 37.5 Å². The molecule has 3 heteroatoms. The minimum Gasteiger partial charge on any atom is -0.391 e. The molecule has 0 spiro atoms. The number of unbranched alkanes of at least 4 members (excludes halogenated alkanes) is 16. The Balaban J connectivity index is 2.33. The molecule has 1 fully saturated rings. The van der Waals surface area contributed by atoms with Crippen LogP contribution in [0.1, 0.15) is 136 Å². The zero-order valence-corrected chi connectivity index (χ0v) is 20.2. The summed E-state index contributed by atoms with van der Waals surface area (Å²) in [5.41, 5.74) is -1.22. The predicted octanol–water partition coefficient (Wildman–Crippen LogP) is 7.51. The fourth-order valence-electron chi connectivity index (χ4n) is 3.86. The van der Waals surface area contributed by atoms with Gasteiger partial charge in [0, 0.05) is 12.8 Å². The maximum atomic E-state index is 12.2. The van der Waals surface area contributed by atoms with Crippen LogP contribution in [-0.4, -0.2) is 11.9 Å². The molecule has 0 aromatic rings. The molecule has 0 aliphatic carbocycles. The number of carbonyl (C=O) groups is 2. The molecule has 1 saturated heterocycles. The third kappa shape index (κ3) is 12.6. The number of hydrogen-bond acceptors (Lipinski definition) is 3. The van der Waals surface area contributed by atoms with Gasteiger partial charge in [0.2, 0.25) is 0 Å². The molecular weight excluding hydrogens is 384 g/mol. The third-order valence-electron chi connectivity index (χ3n) is 5.88. The third-order valence-corrected chi connectivity index (χ3v) is 5.88. The molecule has 0 amide bonds. The van der Waals surface area contributed by atoms with Crippen molar-refractivity contribution >= 4 is 11.9 Å². The Kier molecular flexibility index (Phi) is 15.8. The van der Waals surface area contributed by atoms with Gasteiger partial charge < -0.3 is 4.74 Å². The summed E-state index contributed by atoms with van der Waals surface area (Å²) in [6.45, 7) is 4.47. The zero-order valence-electron chi connectivity index (χ0n) is 20.2. The molecule has 0 atom stereocenters.